The fourth-order valence-corrected chi connectivity index (χ4v) is 2.44. The van der Waals surface area contributed by atoms with Crippen molar-refractivity contribution in [2.45, 2.75) is 52.7 Å². The molecule has 0 heterocycles. The van der Waals surface area contributed by atoms with Gasteiger partial charge in [-0.05, 0) is 51.0 Å². The number of ether oxygens (including phenoxy) is 2. The van der Waals surface area contributed by atoms with Crippen LogP contribution in [-0.2, 0) is 16.1 Å². The fraction of sp³-hybridized carbons (Fsp3) is 0.364. The van der Waals surface area contributed by atoms with Crippen LogP contribution >= 0.6 is 0 Å². The number of esters is 1. The van der Waals surface area contributed by atoms with Gasteiger partial charge in [0.05, 0.1) is 6.42 Å². The average molecular weight is 354 g/mol. The molecular weight excluding hydrogens is 328 g/mol. The van der Waals surface area contributed by atoms with E-state index >= 15 is 0 Å². The molecule has 4 heteroatoms. The zero-order chi connectivity index (χ0) is 19.2. The first kappa shape index (κ1) is 19.7. The predicted octanol–water partition coefficient (Wildman–Crippen LogP) is 4.88. The molecule has 0 aliphatic carbocycles. The molecule has 26 heavy (non-hydrogen) atoms. The Morgan fingerprint density at radius 1 is 0.962 bits per heavy atom. The topological polar surface area (TPSA) is 52.6 Å². The Morgan fingerprint density at radius 2 is 1.69 bits per heavy atom. The second kappa shape index (κ2) is 8.65. The molecule has 0 fully saturated rings. The molecule has 0 aliphatic heterocycles. The van der Waals surface area contributed by atoms with Gasteiger partial charge in [-0.25, -0.2) is 0 Å². The van der Waals surface area contributed by atoms with E-state index < -0.39 is 5.60 Å². The number of ketones is 1. The molecule has 2 rings (SSSR count). The highest BCUT2D eigenvalue weighted by molar-refractivity contribution is 5.97. The van der Waals surface area contributed by atoms with Gasteiger partial charge in [0, 0.05) is 12.0 Å². The van der Waals surface area contributed by atoms with Gasteiger partial charge >= 0.3 is 5.97 Å². The minimum Gasteiger partial charge on any atom is -0.489 e. The lowest BCUT2D eigenvalue weighted by molar-refractivity contribution is -0.154. The second-order valence-electron chi connectivity index (χ2n) is 7.25. The maximum atomic E-state index is 12.3. The Kier molecular flexibility index (Phi) is 6.56. The first-order valence-electron chi connectivity index (χ1n) is 8.77. The van der Waals surface area contributed by atoms with Gasteiger partial charge in [-0.1, -0.05) is 36.4 Å². The third kappa shape index (κ3) is 6.36. The number of hydrogen-bond donors (Lipinski definition) is 0. The Labute approximate surface area is 155 Å². The molecule has 2 aromatic rings. The van der Waals surface area contributed by atoms with Crippen molar-refractivity contribution in [3.8, 4) is 5.75 Å². The fourth-order valence-electron chi connectivity index (χ4n) is 2.44. The number of Topliss-reactive ketones (excluding diaryl/α,β-unsaturated/α-hetero) is 1. The van der Waals surface area contributed by atoms with Crippen LogP contribution < -0.4 is 4.74 Å². The molecule has 0 unspecified atom stereocenters. The maximum absolute atomic E-state index is 12.3. The van der Waals surface area contributed by atoms with Gasteiger partial charge < -0.3 is 9.47 Å². The first-order chi connectivity index (χ1) is 12.2. The van der Waals surface area contributed by atoms with Gasteiger partial charge in [-0.2, -0.15) is 0 Å². The summed E-state index contributed by atoms with van der Waals surface area (Å²) in [5, 5.41) is 0. The van der Waals surface area contributed by atoms with Crippen molar-refractivity contribution < 1.29 is 19.1 Å². The van der Waals surface area contributed by atoms with Gasteiger partial charge in [0.25, 0.3) is 0 Å². The molecule has 0 saturated heterocycles. The average Bonchev–Trinajstić information content (AvgIpc) is 2.58. The van der Waals surface area contributed by atoms with Crippen LogP contribution in [-0.4, -0.2) is 17.4 Å². The number of carbonyl (C=O) groups is 2. The lowest BCUT2D eigenvalue weighted by Crippen LogP contribution is -2.24. The minimum absolute atomic E-state index is 0.0738. The van der Waals surface area contributed by atoms with E-state index in [0.29, 0.717) is 17.9 Å². The number of aryl methyl sites for hydroxylation is 1. The van der Waals surface area contributed by atoms with Crippen molar-refractivity contribution >= 4 is 11.8 Å². The first-order valence-corrected chi connectivity index (χ1v) is 8.77. The summed E-state index contributed by atoms with van der Waals surface area (Å²) in [5.41, 5.74) is 2.27. The van der Waals surface area contributed by atoms with E-state index in [0.717, 1.165) is 11.1 Å². The Morgan fingerprint density at radius 3 is 2.38 bits per heavy atom. The van der Waals surface area contributed by atoms with E-state index in [1.807, 2.05) is 58.0 Å². The standard InChI is InChI=1S/C22H26O4/c1-16-8-5-6-9-18(16)15-25-19-11-7-10-17(14-19)20(23)12-13-21(24)26-22(2,3)4/h5-11,14H,12-13,15H2,1-4H3. The zero-order valence-electron chi connectivity index (χ0n) is 15.9. The molecule has 0 spiro atoms. The summed E-state index contributed by atoms with van der Waals surface area (Å²) in [7, 11) is 0. The third-order valence-electron chi connectivity index (χ3n) is 3.79. The Bertz CT molecular complexity index is 772. The highest BCUT2D eigenvalue weighted by atomic mass is 16.6. The second-order valence-corrected chi connectivity index (χ2v) is 7.25. The van der Waals surface area contributed by atoms with Crippen LogP contribution in [0.1, 0.15) is 55.1 Å². The molecule has 138 valence electrons. The van der Waals surface area contributed by atoms with Crippen LogP contribution in [0.15, 0.2) is 48.5 Å². The lowest BCUT2D eigenvalue weighted by atomic mass is 10.1. The van der Waals surface area contributed by atoms with E-state index in [-0.39, 0.29) is 24.6 Å². The molecule has 2 aromatic carbocycles. The van der Waals surface area contributed by atoms with E-state index in [2.05, 4.69) is 0 Å². The molecule has 0 N–H and O–H groups in total. The lowest BCUT2D eigenvalue weighted by Gasteiger charge is -2.19. The highest BCUT2D eigenvalue weighted by Gasteiger charge is 2.17. The zero-order valence-corrected chi connectivity index (χ0v) is 15.9. The van der Waals surface area contributed by atoms with Crippen LogP contribution in [0.2, 0.25) is 0 Å². The summed E-state index contributed by atoms with van der Waals surface area (Å²) >= 11 is 0. The quantitative estimate of drug-likeness (QED) is 0.525. The largest absolute Gasteiger partial charge is 0.489 e. The molecule has 0 radical (unpaired) electrons. The summed E-state index contributed by atoms with van der Waals surface area (Å²) in [5.74, 6) is 0.173. The van der Waals surface area contributed by atoms with Gasteiger partial charge in [-0.15, -0.1) is 0 Å². The summed E-state index contributed by atoms with van der Waals surface area (Å²) in [6.07, 6.45) is 0.195. The summed E-state index contributed by atoms with van der Waals surface area (Å²) in [6.45, 7) is 7.91. The van der Waals surface area contributed by atoms with Crippen LogP contribution in [0.4, 0.5) is 0 Å². The van der Waals surface area contributed by atoms with Crippen LogP contribution in [0.25, 0.3) is 0 Å². The SMILES string of the molecule is Cc1ccccc1COc1cccc(C(=O)CCC(=O)OC(C)(C)C)c1. The molecule has 0 saturated carbocycles. The normalized spacial score (nSPS) is 11.1. The Hall–Kier alpha value is -2.62. The van der Waals surface area contributed by atoms with Crippen LogP contribution in [0.5, 0.6) is 5.75 Å². The van der Waals surface area contributed by atoms with E-state index in [9.17, 15) is 9.59 Å². The minimum atomic E-state index is -0.538. The summed E-state index contributed by atoms with van der Waals surface area (Å²) in [6, 6.07) is 15.1. The van der Waals surface area contributed by atoms with Crippen molar-refractivity contribution in [3.05, 3.63) is 65.2 Å². The van der Waals surface area contributed by atoms with Crippen LogP contribution in [0.3, 0.4) is 0 Å². The molecule has 0 aliphatic rings. The Balaban J connectivity index is 1.92. The monoisotopic (exact) mass is 354 g/mol. The maximum Gasteiger partial charge on any atom is 0.306 e. The van der Waals surface area contributed by atoms with Crippen molar-refractivity contribution in [2.75, 3.05) is 0 Å². The highest BCUT2D eigenvalue weighted by Crippen LogP contribution is 2.18. The molecule has 0 bridgehead atoms. The van der Waals surface area contributed by atoms with Crippen LogP contribution in [0, 0.1) is 6.92 Å². The number of benzene rings is 2. The predicted molar refractivity (Wildman–Crippen MR) is 101 cm³/mol. The molecular formula is C22H26O4. The van der Waals surface area contributed by atoms with Gasteiger partial charge in [0.1, 0.15) is 18.0 Å². The van der Waals surface area contributed by atoms with E-state index in [4.69, 9.17) is 9.47 Å². The number of carbonyl (C=O) groups excluding carboxylic acids is 2. The molecule has 0 aromatic heterocycles. The van der Waals surface area contributed by atoms with Crippen molar-refractivity contribution in [3.63, 3.8) is 0 Å². The third-order valence-corrected chi connectivity index (χ3v) is 3.79. The van der Waals surface area contributed by atoms with Gasteiger partial charge in [0.2, 0.25) is 0 Å². The number of rotatable bonds is 7. The van der Waals surface area contributed by atoms with Gasteiger partial charge in [-0.3, -0.25) is 9.59 Å². The van der Waals surface area contributed by atoms with Crippen molar-refractivity contribution in [2.24, 2.45) is 0 Å². The van der Waals surface area contributed by atoms with Crippen molar-refractivity contribution in [1.29, 1.82) is 0 Å². The number of hydrogen-bond acceptors (Lipinski definition) is 4. The van der Waals surface area contributed by atoms with E-state index in [1.54, 1.807) is 18.2 Å². The van der Waals surface area contributed by atoms with E-state index in [1.165, 1.54) is 0 Å². The molecule has 0 amide bonds. The summed E-state index contributed by atoms with van der Waals surface area (Å²) in [4.78, 5) is 24.1. The molecule has 4 nitrogen and oxygen atoms in total. The molecule has 0 atom stereocenters. The van der Waals surface area contributed by atoms with Crippen molar-refractivity contribution in [1.82, 2.24) is 0 Å². The smallest absolute Gasteiger partial charge is 0.306 e. The summed E-state index contributed by atoms with van der Waals surface area (Å²) < 4.78 is 11.0. The van der Waals surface area contributed by atoms with Gasteiger partial charge in [0.15, 0.2) is 5.78 Å².